The predicted molar refractivity (Wildman–Crippen MR) is 122 cm³/mol. The van der Waals surface area contributed by atoms with Gasteiger partial charge in [0.05, 0.1) is 12.9 Å². The van der Waals surface area contributed by atoms with Crippen LogP contribution in [0.1, 0.15) is 23.9 Å². The molecular weight excluding hydrogens is 450 g/mol. The summed E-state index contributed by atoms with van der Waals surface area (Å²) in [5, 5.41) is 19.3. The molecule has 0 fully saturated rings. The molecular formula is C21H21N5O4S2. The lowest BCUT2D eigenvalue weighted by molar-refractivity contribution is -0.112. The third-order valence-corrected chi connectivity index (χ3v) is 7.74. The minimum absolute atomic E-state index is 0.00466. The Morgan fingerprint density at radius 3 is 2.72 bits per heavy atom. The molecule has 1 aromatic carbocycles. The number of carbonyl (C=O) groups excluding carboxylic acids is 1. The van der Waals surface area contributed by atoms with Gasteiger partial charge in [-0.2, -0.15) is 5.26 Å². The van der Waals surface area contributed by atoms with E-state index in [1.807, 2.05) is 54.8 Å². The van der Waals surface area contributed by atoms with Crippen molar-refractivity contribution < 1.29 is 17.9 Å². The van der Waals surface area contributed by atoms with Crippen LogP contribution in [0.3, 0.4) is 0 Å². The zero-order valence-corrected chi connectivity index (χ0v) is 19.5. The van der Waals surface area contributed by atoms with E-state index in [0.717, 1.165) is 28.4 Å². The molecule has 0 aliphatic carbocycles. The highest BCUT2D eigenvalue weighted by Crippen LogP contribution is 2.26. The summed E-state index contributed by atoms with van der Waals surface area (Å²) in [7, 11) is -1.93. The molecule has 1 N–H and O–H groups in total. The van der Waals surface area contributed by atoms with E-state index in [9.17, 15) is 18.5 Å². The highest BCUT2D eigenvalue weighted by Gasteiger charge is 2.20. The van der Waals surface area contributed by atoms with E-state index < -0.39 is 15.7 Å². The summed E-state index contributed by atoms with van der Waals surface area (Å²) in [6.07, 6.45) is 1.49. The number of anilines is 1. The summed E-state index contributed by atoms with van der Waals surface area (Å²) in [4.78, 5) is 12.6. The maximum absolute atomic E-state index is 12.6. The lowest BCUT2D eigenvalue weighted by Crippen LogP contribution is -2.13. The van der Waals surface area contributed by atoms with Crippen LogP contribution in [0.5, 0.6) is 5.75 Å². The van der Waals surface area contributed by atoms with Gasteiger partial charge in [0.2, 0.25) is 19.3 Å². The highest BCUT2D eigenvalue weighted by atomic mass is 32.2. The first kappa shape index (κ1) is 23.2. The fourth-order valence-corrected chi connectivity index (χ4v) is 5.04. The first-order valence-electron chi connectivity index (χ1n) is 9.53. The van der Waals surface area contributed by atoms with Crippen molar-refractivity contribution in [3.63, 3.8) is 0 Å². The number of rotatable bonds is 7. The first-order chi connectivity index (χ1) is 15.2. The Morgan fingerprint density at radius 2 is 2.06 bits per heavy atom. The molecule has 0 aliphatic rings. The van der Waals surface area contributed by atoms with Crippen molar-refractivity contribution in [2.45, 2.75) is 25.1 Å². The number of aryl methyl sites for hydroxylation is 1. The number of hydrogen-bond acceptors (Lipinski definition) is 8. The number of ether oxygens (including phenoxy) is 1. The average molecular weight is 472 g/mol. The van der Waals surface area contributed by atoms with E-state index in [0.29, 0.717) is 11.3 Å². The lowest BCUT2D eigenvalue weighted by atomic mass is 10.1. The smallest absolute Gasteiger partial charge is 0.268 e. The molecule has 0 bridgehead atoms. The Morgan fingerprint density at radius 1 is 1.31 bits per heavy atom. The number of benzene rings is 1. The van der Waals surface area contributed by atoms with Crippen LogP contribution in [0.2, 0.25) is 0 Å². The molecule has 3 rings (SSSR count). The van der Waals surface area contributed by atoms with Crippen molar-refractivity contribution in [3.8, 4) is 17.5 Å². The third kappa shape index (κ3) is 4.71. The number of hydrogen-bond donors (Lipinski definition) is 1. The van der Waals surface area contributed by atoms with Crippen molar-refractivity contribution >= 4 is 38.3 Å². The summed E-state index contributed by atoms with van der Waals surface area (Å²) in [5.74, 6) is -0.108. The minimum atomic E-state index is -3.52. The van der Waals surface area contributed by atoms with Crippen LogP contribution in [-0.4, -0.2) is 42.0 Å². The maximum atomic E-state index is 12.6. The lowest BCUT2D eigenvalue weighted by Gasteiger charge is -2.11. The fraction of sp³-hybridized carbons (Fsp3) is 0.238. The van der Waals surface area contributed by atoms with Crippen LogP contribution in [0, 0.1) is 25.2 Å². The number of carbonyl (C=O) groups is 1. The molecule has 0 spiro atoms. The van der Waals surface area contributed by atoms with Gasteiger partial charge in [0, 0.05) is 23.1 Å². The van der Waals surface area contributed by atoms with Crippen molar-refractivity contribution in [1.29, 1.82) is 5.26 Å². The Labute approximate surface area is 189 Å². The molecule has 0 unspecified atom stereocenters. The molecule has 9 nitrogen and oxygen atoms in total. The summed E-state index contributed by atoms with van der Waals surface area (Å²) >= 11 is 0.743. The van der Waals surface area contributed by atoms with Crippen molar-refractivity contribution in [2.24, 2.45) is 0 Å². The molecule has 0 saturated carbocycles. The number of methoxy groups -OCH3 is 1. The second kappa shape index (κ2) is 9.33. The quantitative estimate of drug-likeness (QED) is 0.318. The van der Waals surface area contributed by atoms with E-state index >= 15 is 0 Å². The van der Waals surface area contributed by atoms with Gasteiger partial charge in [0.25, 0.3) is 5.91 Å². The van der Waals surface area contributed by atoms with Crippen molar-refractivity contribution in [2.75, 3.05) is 18.2 Å². The van der Waals surface area contributed by atoms with Crippen molar-refractivity contribution in [3.05, 3.63) is 52.9 Å². The molecule has 3 aromatic rings. The molecule has 11 heteroatoms. The maximum Gasteiger partial charge on any atom is 0.268 e. The van der Waals surface area contributed by atoms with Gasteiger partial charge >= 0.3 is 0 Å². The molecule has 166 valence electrons. The number of sulfone groups is 1. The molecule has 32 heavy (non-hydrogen) atoms. The Balaban J connectivity index is 1.90. The standard InChI is InChI=1S/C21H21N5O4S2/c1-5-32(28,29)21-25-24-20(31-21)23-19(27)16(12-22)10-15-9-13(2)26(14(15)3)17-7-6-8-18(11-17)30-4/h6-11H,5H2,1-4H3,(H,23,24,27)/b16-10-. The van der Waals surface area contributed by atoms with Gasteiger partial charge in [-0.15, -0.1) is 10.2 Å². The average Bonchev–Trinajstić information content (AvgIpc) is 3.36. The van der Waals surface area contributed by atoms with Gasteiger partial charge in [-0.05, 0) is 43.7 Å². The van der Waals surface area contributed by atoms with Gasteiger partial charge < -0.3 is 9.30 Å². The highest BCUT2D eigenvalue weighted by molar-refractivity contribution is 7.93. The molecule has 0 radical (unpaired) electrons. The summed E-state index contributed by atoms with van der Waals surface area (Å²) in [6, 6.07) is 11.3. The molecule has 0 aliphatic heterocycles. The van der Waals surface area contributed by atoms with Crippen LogP contribution < -0.4 is 10.1 Å². The second-order valence-electron chi connectivity index (χ2n) is 6.76. The van der Waals surface area contributed by atoms with E-state index in [1.165, 1.54) is 13.0 Å². The zero-order chi connectivity index (χ0) is 23.5. The predicted octanol–water partition coefficient (Wildman–Crippen LogP) is 3.29. The third-order valence-electron chi connectivity index (χ3n) is 4.72. The van der Waals surface area contributed by atoms with Gasteiger partial charge in [-0.1, -0.05) is 24.3 Å². The molecule has 0 saturated heterocycles. The molecule has 2 aromatic heterocycles. The van der Waals surface area contributed by atoms with Crippen LogP contribution >= 0.6 is 11.3 Å². The number of nitriles is 1. The van der Waals surface area contributed by atoms with Crippen molar-refractivity contribution in [1.82, 2.24) is 14.8 Å². The van der Waals surface area contributed by atoms with E-state index in [4.69, 9.17) is 4.74 Å². The Bertz CT molecular complexity index is 1350. The van der Waals surface area contributed by atoms with E-state index in [2.05, 4.69) is 15.5 Å². The normalized spacial score (nSPS) is 11.8. The van der Waals surface area contributed by atoms with Crippen LogP contribution in [-0.2, 0) is 14.6 Å². The first-order valence-corrected chi connectivity index (χ1v) is 12.0. The molecule has 1 amide bonds. The zero-order valence-electron chi connectivity index (χ0n) is 17.9. The van der Waals surface area contributed by atoms with E-state index in [-0.39, 0.29) is 20.8 Å². The van der Waals surface area contributed by atoms with Gasteiger partial charge in [-0.3, -0.25) is 10.1 Å². The van der Waals surface area contributed by atoms with Crippen LogP contribution in [0.25, 0.3) is 11.8 Å². The minimum Gasteiger partial charge on any atom is -0.497 e. The Hall–Kier alpha value is -3.49. The SMILES string of the molecule is CCS(=O)(=O)c1nnc(NC(=O)/C(C#N)=C\c2cc(C)n(-c3cccc(OC)c3)c2C)s1. The summed E-state index contributed by atoms with van der Waals surface area (Å²) in [6.45, 7) is 5.30. The van der Waals surface area contributed by atoms with Gasteiger partial charge in [0.15, 0.2) is 0 Å². The largest absolute Gasteiger partial charge is 0.497 e. The van der Waals surface area contributed by atoms with Crippen LogP contribution in [0.4, 0.5) is 5.13 Å². The summed E-state index contributed by atoms with van der Waals surface area (Å²) in [5.41, 5.74) is 3.19. The second-order valence-corrected chi connectivity index (χ2v) is 10.2. The summed E-state index contributed by atoms with van der Waals surface area (Å²) < 4.78 is 30.9. The number of aromatic nitrogens is 3. The number of nitrogens with zero attached hydrogens (tertiary/aromatic N) is 4. The molecule has 0 atom stereocenters. The van der Waals surface area contributed by atoms with Crippen LogP contribution in [0.15, 0.2) is 40.2 Å². The van der Waals surface area contributed by atoms with Gasteiger partial charge in [-0.25, -0.2) is 8.42 Å². The van der Waals surface area contributed by atoms with Gasteiger partial charge in [0.1, 0.15) is 17.4 Å². The number of nitrogens with one attached hydrogen (secondary N) is 1. The Kier molecular flexibility index (Phi) is 6.76. The van der Waals surface area contributed by atoms with E-state index in [1.54, 1.807) is 7.11 Å². The topological polar surface area (TPSA) is 127 Å². The number of amides is 1. The monoisotopic (exact) mass is 471 g/mol. The molecule has 2 heterocycles. The fourth-order valence-electron chi connectivity index (χ4n) is 3.06.